The van der Waals surface area contributed by atoms with Crippen molar-refractivity contribution in [1.29, 1.82) is 0 Å². The van der Waals surface area contributed by atoms with E-state index in [9.17, 15) is 0 Å². The Balaban J connectivity index is 4.01. The maximum absolute atomic E-state index is 5.94. The Bertz CT molecular complexity index is 115. The van der Waals surface area contributed by atoms with Gasteiger partial charge in [0.2, 0.25) is 0 Å². The van der Waals surface area contributed by atoms with Gasteiger partial charge in [-0.2, -0.15) is 11.1 Å². The molecule has 0 nitrogen and oxygen atoms in total. The molecule has 0 saturated heterocycles. The van der Waals surface area contributed by atoms with E-state index in [0.717, 1.165) is 0 Å². The molecule has 0 aliphatic carbocycles. The molecule has 0 aromatic carbocycles. The first kappa shape index (κ1) is 11.3. The van der Waals surface area contributed by atoms with E-state index in [-0.39, 0.29) is 0 Å². The van der Waals surface area contributed by atoms with Crippen LogP contribution in [-0.4, -0.2) is 13.4 Å². The predicted molar refractivity (Wildman–Crippen MR) is 55.8 cm³/mol. The molecule has 6 heteroatoms. The van der Waals surface area contributed by atoms with Crippen LogP contribution in [0, 0.1) is 0 Å². The summed E-state index contributed by atoms with van der Waals surface area (Å²) in [6.07, 6.45) is 0. The van der Waals surface area contributed by atoms with Gasteiger partial charge < -0.3 is 0 Å². The molecule has 0 bridgehead atoms. The zero-order valence-corrected chi connectivity index (χ0v) is 10.7. The lowest BCUT2D eigenvalue weighted by molar-refractivity contribution is 1.95. The van der Waals surface area contributed by atoms with Gasteiger partial charge in [0.25, 0.3) is 0 Å². The van der Waals surface area contributed by atoms with Crippen molar-refractivity contribution >= 4 is 57.7 Å². The van der Waals surface area contributed by atoms with Crippen LogP contribution in [0.15, 0.2) is 11.4 Å². The van der Waals surface area contributed by atoms with E-state index in [0.29, 0.717) is 0 Å². The molecule has 0 saturated carbocycles. The number of halogens is 4. The molecular formula is C4H8Cl4Si2. The van der Waals surface area contributed by atoms with E-state index >= 15 is 0 Å². The van der Waals surface area contributed by atoms with Crippen LogP contribution >= 0.6 is 44.3 Å². The molecule has 0 aliphatic heterocycles. The summed E-state index contributed by atoms with van der Waals surface area (Å²) < 4.78 is 0. The average Bonchev–Trinajstić information content (AvgIpc) is 1.57. The highest BCUT2D eigenvalue weighted by atomic mass is 35.8. The Labute approximate surface area is 81.9 Å². The highest BCUT2D eigenvalue weighted by molar-refractivity contribution is 7.66. The minimum Gasteiger partial charge on any atom is -0.162 e. The van der Waals surface area contributed by atoms with Gasteiger partial charge in [0.15, 0.2) is 7.38 Å². The molecule has 0 N–H and O–H groups in total. The summed E-state index contributed by atoms with van der Waals surface area (Å²) in [6, 6.07) is -2.58. The van der Waals surface area contributed by atoms with E-state index in [1.165, 1.54) is 0 Å². The van der Waals surface area contributed by atoms with Crippen LogP contribution in [0.1, 0.15) is 0 Å². The maximum Gasteiger partial charge on any atom is 0.365 e. The van der Waals surface area contributed by atoms with E-state index in [1.807, 2.05) is 18.8 Å². The van der Waals surface area contributed by atoms with Gasteiger partial charge in [-0.1, -0.05) is 24.5 Å². The minimum atomic E-state index is -2.58. The lowest BCUT2D eigenvalue weighted by Crippen LogP contribution is -2.15. The number of hydrogen-bond acceptors (Lipinski definition) is 0. The standard InChI is InChI=1S/C4H8Cl4Si2/c1-9(2,5)3-4-10(6,7)8/h3-4H,1-2H3. The summed E-state index contributed by atoms with van der Waals surface area (Å²) in [5, 5.41) is 0. The second-order valence-corrected chi connectivity index (χ2v) is 17.3. The van der Waals surface area contributed by atoms with Crippen molar-refractivity contribution in [3.05, 3.63) is 11.4 Å². The van der Waals surface area contributed by atoms with Crippen LogP contribution < -0.4 is 0 Å². The van der Waals surface area contributed by atoms with Crippen LogP contribution in [0.25, 0.3) is 0 Å². The Morgan fingerprint density at radius 1 is 0.900 bits per heavy atom. The largest absolute Gasteiger partial charge is 0.365 e. The second-order valence-electron chi connectivity index (χ2n) is 2.44. The summed E-state index contributed by atoms with van der Waals surface area (Å²) in [5.41, 5.74) is 3.48. The lowest BCUT2D eigenvalue weighted by atomic mass is 11.2. The van der Waals surface area contributed by atoms with Gasteiger partial charge in [-0.05, 0) is 0 Å². The quantitative estimate of drug-likeness (QED) is 0.520. The molecule has 0 rings (SSSR count). The van der Waals surface area contributed by atoms with Crippen molar-refractivity contribution in [2.45, 2.75) is 13.1 Å². The molecule has 10 heavy (non-hydrogen) atoms. The number of hydrogen-bond donors (Lipinski definition) is 0. The van der Waals surface area contributed by atoms with Crippen molar-refractivity contribution in [2.75, 3.05) is 0 Å². The van der Waals surface area contributed by atoms with Crippen molar-refractivity contribution < 1.29 is 0 Å². The SMILES string of the molecule is C[Si](C)(Cl)C=C[Si](Cl)(Cl)Cl. The van der Waals surface area contributed by atoms with Crippen molar-refractivity contribution in [1.82, 2.24) is 0 Å². The Morgan fingerprint density at radius 3 is 1.40 bits per heavy atom. The molecule has 0 aromatic rings. The smallest absolute Gasteiger partial charge is 0.162 e. The lowest BCUT2D eigenvalue weighted by Gasteiger charge is -2.06. The van der Waals surface area contributed by atoms with Gasteiger partial charge in [-0.3, -0.25) is 0 Å². The van der Waals surface area contributed by atoms with Crippen LogP contribution in [0.4, 0.5) is 0 Å². The molecule has 0 unspecified atom stereocenters. The predicted octanol–water partition coefficient (Wildman–Crippen LogP) is 3.72. The number of rotatable bonds is 2. The first-order valence-corrected chi connectivity index (χ1v) is 11.9. The van der Waals surface area contributed by atoms with Gasteiger partial charge in [-0.25, -0.2) is 0 Å². The van der Waals surface area contributed by atoms with E-state index < -0.39 is 13.4 Å². The van der Waals surface area contributed by atoms with Crippen LogP contribution in [0.3, 0.4) is 0 Å². The highest BCUT2D eigenvalue weighted by Gasteiger charge is 2.22. The van der Waals surface area contributed by atoms with Gasteiger partial charge in [0, 0.05) is 0 Å². The summed E-state index contributed by atoms with van der Waals surface area (Å²) in [5.74, 6) is 0. The summed E-state index contributed by atoms with van der Waals surface area (Å²) in [6.45, 7) is 3.94. The second kappa shape index (κ2) is 3.83. The van der Waals surface area contributed by atoms with E-state index in [2.05, 4.69) is 0 Å². The first-order valence-electron chi connectivity index (χ1n) is 2.67. The third kappa shape index (κ3) is 9.33. The first-order chi connectivity index (χ1) is 4.21. The van der Waals surface area contributed by atoms with Crippen LogP contribution in [-0.2, 0) is 0 Å². The molecule has 0 aromatic heterocycles. The van der Waals surface area contributed by atoms with E-state index in [1.54, 1.807) is 5.70 Å². The Hall–Kier alpha value is 1.33. The average molecular weight is 254 g/mol. The molecule has 0 amide bonds. The van der Waals surface area contributed by atoms with Gasteiger partial charge in [0.05, 0.1) is 0 Å². The normalized spacial score (nSPS) is 14.6. The molecule has 0 atom stereocenters. The monoisotopic (exact) mass is 252 g/mol. The third-order valence-electron chi connectivity index (χ3n) is 0.669. The Kier molecular flexibility index (Phi) is 4.34. The zero-order valence-electron chi connectivity index (χ0n) is 5.67. The van der Waals surface area contributed by atoms with Gasteiger partial charge in [0.1, 0.15) is 0 Å². The fourth-order valence-corrected chi connectivity index (χ4v) is 4.90. The maximum atomic E-state index is 5.94. The minimum absolute atomic E-state index is 1.64. The third-order valence-corrected chi connectivity index (χ3v) is 4.02. The summed E-state index contributed by atoms with van der Waals surface area (Å²) in [7, 11) is -1.69. The zero-order chi connectivity index (χ0) is 8.41. The molecule has 0 aliphatic rings. The van der Waals surface area contributed by atoms with Crippen molar-refractivity contribution in [3.8, 4) is 0 Å². The molecular weight excluding hydrogens is 246 g/mol. The molecule has 0 spiro atoms. The summed E-state index contributed by atoms with van der Waals surface area (Å²) >= 11 is 22.7. The van der Waals surface area contributed by atoms with Gasteiger partial charge >= 0.3 is 6.00 Å². The van der Waals surface area contributed by atoms with Crippen molar-refractivity contribution in [3.63, 3.8) is 0 Å². The topological polar surface area (TPSA) is 0 Å². The van der Waals surface area contributed by atoms with Crippen LogP contribution in [0.2, 0.25) is 13.1 Å². The fraction of sp³-hybridized carbons (Fsp3) is 0.500. The van der Waals surface area contributed by atoms with Crippen LogP contribution in [0.5, 0.6) is 0 Å². The van der Waals surface area contributed by atoms with Crippen molar-refractivity contribution in [2.24, 2.45) is 0 Å². The van der Waals surface area contributed by atoms with Gasteiger partial charge in [-0.15, -0.1) is 33.2 Å². The molecule has 0 fully saturated rings. The molecule has 0 radical (unpaired) electrons. The van der Waals surface area contributed by atoms with E-state index in [4.69, 9.17) is 44.3 Å². The molecule has 0 heterocycles. The summed E-state index contributed by atoms with van der Waals surface area (Å²) in [4.78, 5) is 0. The fourth-order valence-electron chi connectivity index (χ4n) is 0.293. The molecule has 60 valence electrons. The Morgan fingerprint density at radius 2 is 1.30 bits per heavy atom. The highest BCUT2D eigenvalue weighted by Crippen LogP contribution is 2.22.